The summed E-state index contributed by atoms with van der Waals surface area (Å²) < 4.78 is 5.08. The maximum Gasteiger partial charge on any atom is 0.248 e. The molecule has 0 saturated carbocycles. The minimum atomic E-state index is 0.113. The number of hydrogen-bond donors (Lipinski definition) is 0. The fraction of sp³-hybridized carbons (Fsp3) is 0.367. The molecule has 4 heteroatoms. The molecule has 176 valence electrons. The van der Waals surface area contributed by atoms with Crippen molar-refractivity contribution < 1.29 is 9.53 Å². The Morgan fingerprint density at radius 1 is 0.882 bits per heavy atom. The van der Waals surface area contributed by atoms with Gasteiger partial charge in [-0.3, -0.25) is 9.69 Å². The SMILES string of the molecule is COCC(=O)N1CCC2(CC1)CN(Cc1ccc(-c3ccccc3)cc1)C[C@H]2c1ccccc1. The van der Waals surface area contributed by atoms with E-state index in [1.165, 1.54) is 22.3 Å². The molecule has 2 aliphatic rings. The molecule has 0 N–H and O–H groups in total. The monoisotopic (exact) mass is 454 g/mol. The lowest BCUT2D eigenvalue weighted by atomic mass is 9.68. The minimum Gasteiger partial charge on any atom is -0.375 e. The van der Waals surface area contributed by atoms with Gasteiger partial charge in [0.05, 0.1) is 0 Å². The molecule has 0 aliphatic carbocycles. The third-order valence-electron chi connectivity index (χ3n) is 7.77. The van der Waals surface area contributed by atoms with Gasteiger partial charge in [-0.1, -0.05) is 84.9 Å². The maximum absolute atomic E-state index is 12.4. The number of amides is 1. The second kappa shape index (κ2) is 10.1. The Morgan fingerprint density at radius 3 is 2.15 bits per heavy atom. The number of likely N-dealkylation sites (tertiary alicyclic amines) is 2. The molecule has 0 radical (unpaired) electrons. The van der Waals surface area contributed by atoms with Crippen LogP contribution in [0.25, 0.3) is 11.1 Å². The van der Waals surface area contributed by atoms with Crippen LogP contribution in [-0.2, 0) is 16.1 Å². The van der Waals surface area contributed by atoms with Crippen LogP contribution < -0.4 is 0 Å². The first-order valence-electron chi connectivity index (χ1n) is 12.4. The predicted octanol–water partition coefficient (Wildman–Crippen LogP) is 5.21. The van der Waals surface area contributed by atoms with Crippen molar-refractivity contribution in [2.24, 2.45) is 5.41 Å². The van der Waals surface area contributed by atoms with E-state index in [-0.39, 0.29) is 17.9 Å². The molecule has 3 aromatic rings. The maximum atomic E-state index is 12.4. The molecule has 1 spiro atoms. The summed E-state index contributed by atoms with van der Waals surface area (Å²) in [6.07, 6.45) is 2.09. The van der Waals surface area contributed by atoms with E-state index in [1.807, 2.05) is 4.90 Å². The zero-order valence-electron chi connectivity index (χ0n) is 20.0. The number of ether oxygens (including phenoxy) is 1. The summed E-state index contributed by atoms with van der Waals surface area (Å²) in [7, 11) is 1.59. The first kappa shape index (κ1) is 22.8. The van der Waals surface area contributed by atoms with Crippen molar-refractivity contribution >= 4 is 5.91 Å². The van der Waals surface area contributed by atoms with E-state index in [0.29, 0.717) is 5.92 Å². The van der Waals surface area contributed by atoms with E-state index in [9.17, 15) is 4.79 Å². The van der Waals surface area contributed by atoms with Gasteiger partial charge in [-0.2, -0.15) is 0 Å². The molecule has 3 aromatic carbocycles. The third-order valence-corrected chi connectivity index (χ3v) is 7.77. The van der Waals surface area contributed by atoms with Gasteiger partial charge in [-0.05, 0) is 40.5 Å². The van der Waals surface area contributed by atoms with Crippen LogP contribution >= 0.6 is 0 Å². The van der Waals surface area contributed by atoms with Crippen LogP contribution in [0.3, 0.4) is 0 Å². The molecule has 1 amide bonds. The van der Waals surface area contributed by atoms with Crippen LogP contribution in [0.1, 0.15) is 29.9 Å². The molecule has 34 heavy (non-hydrogen) atoms. The highest BCUT2D eigenvalue weighted by atomic mass is 16.5. The van der Waals surface area contributed by atoms with E-state index < -0.39 is 0 Å². The van der Waals surface area contributed by atoms with Crippen LogP contribution in [0.2, 0.25) is 0 Å². The number of nitrogens with zero attached hydrogens (tertiary/aromatic N) is 2. The number of benzene rings is 3. The number of carbonyl (C=O) groups is 1. The first-order chi connectivity index (χ1) is 16.7. The Hall–Kier alpha value is -2.95. The fourth-order valence-corrected chi connectivity index (χ4v) is 5.95. The summed E-state index contributed by atoms with van der Waals surface area (Å²) in [5.74, 6) is 0.610. The molecular formula is C30H34N2O2. The van der Waals surface area contributed by atoms with Crippen LogP contribution in [-0.4, -0.2) is 55.6 Å². The summed E-state index contributed by atoms with van der Waals surface area (Å²) in [4.78, 5) is 17.0. The lowest BCUT2D eigenvalue weighted by Crippen LogP contribution is -2.47. The van der Waals surface area contributed by atoms with E-state index in [0.717, 1.165) is 45.6 Å². The van der Waals surface area contributed by atoms with Gasteiger partial charge in [0.15, 0.2) is 0 Å². The Labute approximate surface area is 203 Å². The highest BCUT2D eigenvalue weighted by molar-refractivity contribution is 5.77. The Morgan fingerprint density at radius 2 is 1.50 bits per heavy atom. The molecule has 1 atom stereocenters. The smallest absolute Gasteiger partial charge is 0.248 e. The quantitative estimate of drug-likeness (QED) is 0.513. The first-order valence-corrected chi connectivity index (χ1v) is 12.4. The lowest BCUT2D eigenvalue weighted by molar-refractivity contribution is -0.137. The Kier molecular flexibility index (Phi) is 6.80. The topological polar surface area (TPSA) is 32.8 Å². The van der Waals surface area contributed by atoms with E-state index in [2.05, 4.69) is 89.8 Å². The molecule has 2 heterocycles. The third kappa shape index (κ3) is 4.79. The summed E-state index contributed by atoms with van der Waals surface area (Å²) in [5.41, 5.74) is 5.53. The van der Waals surface area contributed by atoms with Crippen LogP contribution in [0, 0.1) is 5.41 Å². The molecule has 2 saturated heterocycles. The molecule has 0 aromatic heterocycles. The molecular weight excluding hydrogens is 420 g/mol. The molecule has 4 nitrogen and oxygen atoms in total. The molecule has 0 bridgehead atoms. The van der Waals surface area contributed by atoms with Crippen LogP contribution in [0.5, 0.6) is 0 Å². The molecule has 2 fully saturated rings. The van der Waals surface area contributed by atoms with Crippen molar-refractivity contribution in [3.8, 4) is 11.1 Å². The van der Waals surface area contributed by atoms with E-state index in [4.69, 9.17) is 4.74 Å². The normalized spacial score (nSPS) is 20.0. The highest BCUT2D eigenvalue weighted by Crippen LogP contribution is 2.50. The van der Waals surface area contributed by atoms with Gasteiger partial charge in [-0.25, -0.2) is 0 Å². The average molecular weight is 455 g/mol. The van der Waals surface area contributed by atoms with Gasteiger partial charge in [-0.15, -0.1) is 0 Å². The Balaban J connectivity index is 1.31. The molecule has 5 rings (SSSR count). The largest absolute Gasteiger partial charge is 0.375 e. The number of hydrogen-bond acceptors (Lipinski definition) is 3. The van der Waals surface area contributed by atoms with Gasteiger partial charge >= 0.3 is 0 Å². The zero-order chi connectivity index (χ0) is 23.4. The van der Waals surface area contributed by atoms with Gasteiger partial charge in [0.2, 0.25) is 5.91 Å². The minimum absolute atomic E-state index is 0.113. The number of carbonyl (C=O) groups excluding carboxylic acids is 1. The van der Waals surface area contributed by atoms with Crippen molar-refractivity contribution in [1.82, 2.24) is 9.80 Å². The zero-order valence-corrected chi connectivity index (χ0v) is 20.0. The molecule has 2 aliphatic heterocycles. The Bertz CT molecular complexity index is 1070. The second-order valence-corrected chi connectivity index (χ2v) is 9.87. The summed E-state index contributed by atoms with van der Waals surface area (Å²) in [6, 6.07) is 30.6. The van der Waals surface area contributed by atoms with Crippen LogP contribution in [0.15, 0.2) is 84.9 Å². The average Bonchev–Trinajstić information content (AvgIpc) is 3.23. The lowest BCUT2D eigenvalue weighted by Gasteiger charge is -2.43. The second-order valence-electron chi connectivity index (χ2n) is 9.87. The standard InChI is InChI=1S/C30H34N2O2/c1-34-22-29(33)32-18-16-30(17-19-32)23-31(21-28(30)27-10-6-3-7-11-27)20-24-12-14-26(15-13-24)25-8-4-2-5-9-25/h2-15,28H,16-23H2,1H3/t28-/m0/s1. The van der Waals surface area contributed by atoms with Gasteiger partial charge in [0.25, 0.3) is 0 Å². The van der Waals surface area contributed by atoms with Crippen molar-refractivity contribution in [2.75, 3.05) is 39.9 Å². The summed E-state index contributed by atoms with van der Waals surface area (Å²) >= 11 is 0. The van der Waals surface area contributed by atoms with Gasteiger partial charge in [0.1, 0.15) is 6.61 Å². The van der Waals surface area contributed by atoms with E-state index >= 15 is 0 Å². The van der Waals surface area contributed by atoms with Crippen molar-refractivity contribution in [3.63, 3.8) is 0 Å². The predicted molar refractivity (Wildman–Crippen MR) is 136 cm³/mol. The molecule has 0 unspecified atom stereocenters. The summed E-state index contributed by atoms with van der Waals surface area (Å²) in [6.45, 7) is 4.94. The number of piperidine rings is 1. The highest BCUT2D eigenvalue weighted by Gasteiger charge is 2.48. The van der Waals surface area contributed by atoms with Gasteiger partial charge < -0.3 is 9.64 Å². The number of rotatable bonds is 6. The van der Waals surface area contributed by atoms with Crippen molar-refractivity contribution in [3.05, 3.63) is 96.1 Å². The van der Waals surface area contributed by atoms with Crippen molar-refractivity contribution in [2.45, 2.75) is 25.3 Å². The van der Waals surface area contributed by atoms with E-state index in [1.54, 1.807) is 7.11 Å². The number of methoxy groups -OCH3 is 1. The van der Waals surface area contributed by atoms with Gasteiger partial charge in [0, 0.05) is 45.8 Å². The summed E-state index contributed by atoms with van der Waals surface area (Å²) in [5, 5.41) is 0. The fourth-order valence-electron chi connectivity index (χ4n) is 5.95. The van der Waals surface area contributed by atoms with Crippen molar-refractivity contribution in [1.29, 1.82) is 0 Å². The van der Waals surface area contributed by atoms with Crippen LogP contribution in [0.4, 0.5) is 0 Å².